The number of halogens is 2. The number of rotatable bonds is 6. The summed E-state index contributed by atoms with van der Waals surface area (Å²) in [6.07, 6.45) is 2.93. The second-order valence-electron chi connectivity index (χ2n) is 6.04. The van der Waals surface area contributed by atoms with E-state index in [2.05, 4.69) is 16.0 Å². The summed E-state index contributed by atoms with van der Waals surface area (Å²) in [4.78, 5) is 23.2. The third-order valence-electron chi connectivity index (χ3n) is 4.29. The van der Waals surface area contributed by atoms with Crippen molar-refractivity contribution in [3.63, 3.8) is 0 Å². The molecule has 1 aromatic rings. The van der Waals surface area contributed by atoms with Gasteiger partial charge in [0.1, 0.15) is 5.82 Å². The lowest BCUT2D eigenvalue weighted by atomic mass is 10.0. The molecule has 0 saturated carbocycles. The Labute approximate surface area is 149 Å². The molecule has 2 aliphatic rings. The van der Waals surface area contributed by atoms with Crippen LogP contribution < -0.4 is 16.0 Å². The van der Waals surface area contributed by atoms with Crippen molar-refractivity contribution in [3.8, 4) is 0 Å². The highest BCUT2D eigenvalue weighted by atomic mass is 35.5. The molecular weight excluding hydrogens is 353 g/mol. The number of urea groups is 1. The van der Waals surface area contributed by atoms with Crippen LogP contribution in [0.2, 0.25) is 5.02 Å². The maximum Gasteiger partial charge on any atom is 0.315 e. The molecule has 2 fully saturated rings. The van der Waals surface area contributed by atoms with Gasteiger partial charge < -0.3 is 16.0 Å². The van der Waals surface area contributed by atoms with E-state index in [0.29, 0.717) is 16.7 Å². The van der Waals surface area contributed by atoms with Crippen molar-refractivity contribution >= 4 is 41.0 Å². The number of thioether (sulfide) groups is 1. The molecule has 8 heteroatoms. The first-order valence-corrected chi connectivity index (χ1v) is 9.39. The number of amides is 3. The summed E-state index contributed by atoms with van der Waals surface area (Å²) < 4.78 is 13.6. The minimum Gasteiger partial charge on any atom is -0.332 e. The van der Waals surface area contributed by atoms with Crippen molar-refractivity contribution in [2.75, 3.05) is 11.1 Å². The van der Waals surface area contributed by atoms with E-state index in [9.17, 15) is 14.0 Å². The molecule has 3 N–H and O–H groups in total. The summed E-state index contributed by atoms with van der Waals surface area (Å²) in [5.74, 6) is 0.197. The molecule has 5 nitrogen and oxygen atoms in total. The van der Waals surface area contributed by atoms with Crippen molar-refractivity contribution in [3.05, 3.63) is 29.0 Å². The Bertz CT molecular complexity index is 646. The van der Waals surface area contributed by atoms with Crippen molar-refractivity contribution in [1.82, 2.24) is 10.6 Å². The number of carbonyl (C=O) groups is 2. The Morgan fingerprint density at radius 3 is 3.00 bits per heavy atom. The lowest BCUT2D eigenvalue weighted by molar-refractivity contribution is -0.116. The topological polar surface area (TPSA) is 70.2 Å². The number of hydrogen-bond acceptors (Lipinski definition) is 3. The van der Waals surface area contributed by atoms with Crippen molar-refractivity contribution in [2.45, 2.75) is 43.0 Å². The largest absolute Gasteiger partial charge is 0.332 e. The van der Waals surface area contributed by atoms with Crippen LogP contribution in [0.4, 0.5) is 14.9 Å². The van der Waals surface area contributed by atoms with Crippen LogP contribution in [0.5, 0.6) is 0 Å². The minimum absolute atomic E-state index is 0.0836. The fourth-order valence-corrected chi connectivity index (χ4v) is 4.78. The number of hydrogen-bond donors (Lipinski definition) is 3. The van der Waals surface area contributed by atoms with Gasteiger partial charge in [0.2, 0.25) is 5.91 Å². The molecule has 0 aliphatic carbocycles. The van der Waals surface area contributed by atoms with E-state index in [1.165, 1.54) is 18.2 Å². The van der Waals surface area contributed by atoms with Crippen molar-refractivity contribution in [1.29, 1.82) is 0 Å². The van der Waals surface area contributed by atoms with E-state index in [4.69, 9.17) is 11.6 Å². The summed E-state index contributed by atoms with van der Waals surface area (Å²) in [5.41, 5.74) is 0.151. The molecule has 2 heterocycles. The van der Waals surface area contributed by atoms with Gasteiger partial charge in [-0.3, -0.25) is 4.79 Å². The van der Waals surface area contributed by atoms with E-state index in [1.807, 2.05) is 11.8 Å². The van der Waals surface area contributed by atoms with Gasteiger partial charge in [0.05, 0.1) is 17.8 Å². The van der Waals surface area contributed by atoms with Crippen LogP contribution in [0.3, 0.4) is 0 Å². The maximum atomic E-state index is 13.6. The molecule has 0 unspecified atom stereocenters. The molecule has 0 spiro atoms. The van der Waals surface area contributed by atoms with E-state index in [0.717, 1.165) is 25.0 Å². The van der Waals surface area contributed by atoms with Gasteiger partial charge in [0, 0.05) is 22.4 Å². The summed E-state index contributed by atoms with van der Waals surface area (Å²) in [6.45, 7) is 0. The Morgan fingerprint density at radius 1 is 1.38 bits per heavy atom. The normalized spacial score (nSPS) is 25.1. The molecule has 0 bridgehead atoms. The first kappa shape index (κ1) is 17.4. The first-order chi connectivity index (χ1) is 11.5. The highest BCUT2D eigenvalue weighted by molar-refractivity contribution is 8.00. The molecule has 130 valence electrons. The first-order valence-electron chi connectivity index (χ1n) is 7.96. The van der Waals surface area contributed by atoms with Crippen LogP contribution in [-0.2, 0) is 4.79 Å². The van der Waals surface area contributed by atoms with Gasteiger partial charge in [-0.2, -0.15) is 11.8 Å². The summed E-state index contributed by atoms with van der Waals surface area (Å²) in [6, 6.07) is 4.51. The zero-order valence-electron chi connectivity index (χ0n) is 13.0. The fraction of sp³-hybridized carbons (Fsp3) is 0.500. The number of unbranched alkanes of at least 4 members (excludes halogenated alkanes) is 1. The van der Waals surface area contributed by atoms with Crippen molar-refractivity contribution < 1.29 is 14.0 Å². The number of benzene rings is 1. The van der Waals surface area contributed by atoms with Gasteiger partial charge in [0.25, 0.3) is 0 Å². The SMILES string of the molecule is O=C(CCCC[C@@H]1SC[C@@H]2NC(=O)N[C@@H]21)Nc1ccc(Cl)cc1F. The second-order valence-corrected chi connectivity index (χ2v) is 7.75. The Kier molecular flexibility index (Phi) is 5.50. The summed E-state index contributed by atoms with van der Waals surface area (Å²) in [7, 11) is 0. The van der Waals surface area contributed by atoms with Crippen LogP contribution in [-0.4, -0.2) is 35.0 Å². The average Bonchev–Trinajstić information content (AvgIpc) is 3.06. The monoisotopic (exact) mass is 371 g/mol. The molecule has 1 aromatic carbocycles. The zero-order valence-corrected chi connectivity index (χ0v) is 14.6. The number of carbonyl (C=O) groups excluding carboxylic acids is 2. The Morgan fingerprint density at radius 2 is 2.21 bits per heavy atom. The lowest BCUT2D eigenvalue weighted by Gasteiger charge is -2.16. The smallest absolute Gasteiger partial charge is 0.315 e. The molecule has 24 heavy (non-hydrogen) atoms. The number of nitrogens with one attached hydrogen (secondary N) is 3. The fourth-order valence-electron chi connectivity index (χ4n) is 3.08. The summed E-state index contributed by atoms with van der Waals surface area (Å²) in [5, 5.41) is 9.12. The predicted octanol–water partition coefficient (Wildman–Crippen LogP) is 3.14. The molecule has 0 radical (unpaired) electrons. The minimum atomic E-state index is -0.534. The molecule has 3 rings (SSSR count). The van der Waals surface area contributed by atoms with E-state index >= 15 is 0 Å². The third kappa shape index (κ3) is 4.13. The van der Waals surface area contributed by atoms with Crippen LogP contribution in [0.15, 0.2) is 18.2 Å². The highest BCUT2D eigenvalue weighted by Crippen LogP contribution is 2.33. The molecule has 2 aliphatic heterocycles. The highest BCUT2D eigenvalue weighted by Gasteiger charge is 2.42. The second kappa shape index (κ2) is 7.61. The predicted molar refractivity (Wildman–Crippen MR) is 94.0 cm³/mol. The van der Waals surface area contributed by atoms with Crippen LogP contribution >= 0.6 is 23.4 Å². The summed E-state index contributed by atoms with van der Waals surface area (Å²) >= 11 is 7.54. The standard InChI is InChI=1S/C16H19ClFN3O2S/c17-9-5-6-11(10(18)7-9)19-14(22)4-2-1-3-13-15-12(8-24-13)20-16(23)21-15/h5-7,12-13,15H,1-4,8H2,(H,19,22)(H2,20,21,23)/t12-,13-,15-/m0/s1. The number of anilines is 1. The van der Waals surface area contributed by atoms with Gasteiger partial charge in [-0.15, -0.1) is 0 Å². The van der Waals surface area contributed by atoms with Gasteiger partial charge in [-0.1, -0.05) is 18.0 Å². The van der Waals surface area contributed by atoms with E-state index in [-0.39, 0.29) is 29.7 Å². The zero-order chi connectivity index (χ0) is 17.1. The van der Waals surface area contributed by atoms with Crippen LogP contribution in [0.25, 0.3) is 0 Å². The van der Waals surface area contributed by atoms with Gasteiger partial charge in [-0.05, 0) is 31.0 Å². The number of fused-ring (bicyclic) bond motifs is 1. The maximum absolute atomic E-state index is 13.6. The molecule has 2 saturated heterocycles. The molecule has 0 aromatic heterocycles. The third-order valence-corrected chi connectivity index (χ3v) is 6.03. The van der Waals surface area contributed by atoms with Crippen LogP contribution in [0, 0.1) is 5.82 Å². The quantitative estimate of drug-likeness (QED) is 0.531. The molecule has 3 atom stereocenters. The van der Waals surface area contributed by atoms with Crippen LogP contribution in [0.1, 0.15) is 25.7 Å². The lowest BCUT2D eigenvalue weighted by Crippen LogP contribution is -2.36. The average molecular weight is 372 g/mol. The van der Waals surface area contributed by atoms with Gasteiger partial charge in [-0.25, -0.2) is 9.18 Å². The Balaban J connectivity index is 1.37. The van der Waals surface area contributed by atoms with E-state index < -0.39 is 5.82 Å². The Hall–Kier alpha value is -1.47. The van der Waals surface area contributed by atoms with E-state index in [1.54, 1.807) is 0 Å². The molecule has 3 amide bonds. The molecular formula is C16H19ClFN3O2S. The van der Waals surface area contributed by atoms with Gasteiger partial charge >= 0.3 is 6.03 Å². The van der Waals surface area contributed by atoms with Gasteiger partial charge in [0.15, 0.2) is 0 Å². The van der Waals surface area contributed by atoms with Crippen molar-refractivity contribution in [2.24, 2.45) is 0 Å².